The molecule has 1 atom stereocenters. The van der Waals surface area contributed by atoms with Crippen molar-refractivity contribution in [2.24, 2.45) is 0 Å². The highest BCUT2D eigenvalue weighted by Gasteiger charge is 2.50. The number of methoxy groups -OCH3 is 1. The molecule has 1 aromatic heterocycles. The van der Waals surface area contributed by atoms with Gasteiger partial charge in [0, 0.05) is 22.5 Å². The number of allylic oxidation sites excluding steroid dienone is 1. The zero-order chi connectivity index (χ0) is 28.3. The van der Waals surface area contributed by atoms with E-state index in [4.69, 9.17) is 4.74 Å². The van der Waals surface area contributed by atoms with Crippen molar-refractivity contribution in [2.45, 2.75) is 46.1 Å². The van der Waals surface area contributed by atoms with Crippen molar-refractivity contribution in [1.82, 2.24) is 4.98 Å². The summed E-state index contributed by atoms with van der Waals surface area (Å²) in [6, 6.07) is 21.5. The number of carbonyl (C=O) groups is 2. The average molecular weight is 532 g/mol. The van der Waals surface area contributed by atoms with Crippen LogP contribution >= 0.6 is 0 Å². The minimum atomic E-state index is -0.694. The number of H-pyrrole nitrogens is 1. The number of nitrogens with zero attached hydrogens (tertiary/aromatic N) is 1. The van der Waals surface area contributed by atoms with Crippen LogP contribution in [-0.2, 0) is 4.79 Å². The van der Waals surface area contributed by atoms with Gasteiger partial charge in [0.1, 0.15) is 5.75 Å². The van der Waals surface area contributed by atoms with Crippen LogP contribution in [-0.4, -0.2) is 29.4 Å². The van der Waals surface area contributed by atoms with Gasteiger partial charge in [0.25, 0.3) is 5.91 Å². The first-order valence-electron chi connectivity index (χ1n) is 13.5. The molecule has 2 N–H and O–H groups in total. The molecule has 3 aromatic carbocycles. The second-order valence-corrected chi connectivity index (χ2v) is 11.2. The van der Waals surface area contributed by atoms with Gasteiger partial charge in [-0.25, -0.2) is 0 Å². The van der Waals surface area contributed by atoms with Gasteiger partial charge in [-0.05, 0) is 75.1 Å². The summed E-state index contributed by atoms with van der Waals surface area (Å²) in [5.41, 5.74) is 8.53. The number of aromatic amines is 1. The fourth-order valence-electron chi connectivity index (χ4n) is 6.37. The summed E-state index contributed by atoms with van der Waals surface area (Å²) < 4.78 is 5.71. The molecule has 4 aromatic rings. The van der Waals surface area contributed by atoms with Crippen LogP contribution in [0.5, 0.6) is 5.75 Å². The van der Waals surface area contributed by atoms with Crippen LogP contribution in [0.1, 0.15) is 65.0 Å². The van der Waals surface area contributed by atoms with E-state index < -0.39 is 11.5 Å². The van der Waals surface area contributed by atoms with Gasteiger partial charge in [0.05, 0.1) is 35.5 Å². The second-order valence-electron chi connectivity index (χ2n) is 11.2. The Morgan fingerprint density at radius 1 is 1.00 bits per heavy atom. The molecule has 40 heavy (non-hydrogen) atoms. The summed E-state index contributed by atoms with van der Waals surface area (Å²) in [7, 11) is 1.64. The highest BCUT2D eigenvalue weighted by Crippen LogP contribution is 2.54. The van der Waals surface area contributed by atoms with E-state index >= 15 is 0 Å². The molecule has 2 aliphatic rings. The number of rotatable bonds is 5. The molecular formula is C34H33N3O3. The smallest absolute Gasteiger partial charge is 0.257 e. The number of para-hydroxylation sites is 1. The number of hydrogen-bond donors (Lipinski definition) is 2. The Bertz CT molecular complexity index is 1710. The molecule has 2 aliphatic heterocycles. The van der Waals surface area contributed by atoms with Crippen LogP contribution in [0.25, 0.3) is 16.8 Å². The van der Waals surface area contributed by atoms with Gasteiger partial charge < -0.3 is 19.9 Å². The molecule has 202 valence electrons. The van der Waals surface area contributed by atoms with Gasteiger partial charge >= 0.3 is 0 Å². The minimum Gasteiger partial charge on any atom is -0.497 e. The molecule has 0 radical (unpaired) electrons. The Labute approximate surface area is 234 Å². The second kappa shape index (κ2) is 9.26. The van der Waals surface area contributed by atoms with E-state index in [1.54, 1.807) is 7.11 Å². The third kappa shape index (κ3) is 3.86. The molecular weight excluding hydrogens is 498 g/mol. The Hall–Kier alpha value is -4.58. The monoisotopic (exact) mass is 531 g/mol. The van der Waals surface area contributed by atoms with Crippen molar-refractivity contribution >= 4 is 28.8 Å². The molecule has 1 unspecified atom stereocenters. The van der Waals surface area contributed by atoms with Crippen LogP contribution in [0.2, 0.25) is 0 Å². The SMILES string of the molecule is COc1cc2c3c(c1)C(c1c(-c4ccccc4)[nH]c(C)c1C(=O)Nc1ccccc1C)C(=O)N3C(C)(C)C=C2C. The average Bonchev–Trinajstić information content (AvgIpc) is 3.42. The van der Waals surface area contributed by atoms with Gasteiger partial charge in [0.15, 0.2) is 0 Å². The predicted molar refractivity (Wildman–Crippen MR) is 160 cm³/mol. The summed E-state index contributed by atoms with van der Waals surface area (Å²) in [6.45, 7) is 10.0. The van der Waals surface area contributed by atoms with Crippen molar-refractivity contribution in [3.63, 3.8) is 0 Å². The van der Waals surface area contributed by atoms with Crippen molar-refractivity contribution in [3.8, 4) is 17.0 Å². The Balaban J connectivity index is 1.62. The molecule has 6 nitrogen and oxygen atoms in total. The zero-order valence-electron chi connectivity index (χ0n) is 23.7. The zero-order valence-corrected chi connectivity index (χ0v) is 23.7. The lowest BCUT2D eigenvalue weighted by molar-refractivity contribution is -0.119. The molecule has 0 saturated carbocycles. The molecule has 0 fully saturated rings. The number of hydrogen-bond acceptors (Lipinski definition) is 3. The van der Waals surface area contributed by atoms with Gasteiger partial charge in [0.2, 0.25) is 5.91 Å². The van der Waals surface area contributed by atoms with E-state index in [-0.39, 0.29) is 11.8 Å². The normalized spacial score (nSPS) is 16.9. The quantitative estimate of drug-likeness (QED) is 0.285. The summed E-state index contributed by atoms with van der Waals surface area (Å²) in [4.78, 5) is 34.0. The van der Waals surface area contributed by atoms with Crippen LogP contribution in [0.15, 0.2) is 72.8 Å². The summed E-state index contributed by atoms with van der Waals surface area (Å²) >= 11 is 0. The molecule has 0 aliphatic carbocycles. The maximum Gasteiger partial charge on any atom is 0.257 e. The maximum atomic E-state index is 14.6. The third-order valence-electron chi connectivity index (χ3n) is 8.12. The lowest BCUT2D eigenvalue weighted by Crippen LogP contribution is -2.47. The van der Waals surface area contributed by atoms with E-state index in [1.807, 2.05) is 85.5 Å². The Morgan fingerprint density at radius 2 is 1.70 bits per heavy atom. The number of benzene rings is 3. The fraction of sp³-hybridized carbons (Fsp3) is 0.235. The Morgan fingerprint density at radius 3 is 2.40 bits per heavy atom. The highest BCUT2D eigenvalue weighted by atomic mass is 16.5. The van der Waals surface area contributed by atoms with Crippen LogP contribution in [0, 0.1) is 13.8 Å². The first-order valence-corrected chi connectivity index (χ1v) is 13.5. The van der Waals surface area contributed by atoms with E-state index in [1.165, 1.54) is 0 Å². The first kappa shape index (κ1) is 25.7. The summed E-state index contributed by atoms with van der Waals surface area (Å²) in [5, 5.41) is 3.11. The number of carbonyl (C=O) groups excluding carboxylic acids is 2. The molecule has 6 heteroatoms. The van der Waals surface area contributed by atoms with Gasteiger partial charge in [-0.3, -0.25) is 9.59 Å². The van der Waals surface area contributed by atoms with Crippen LogP contribution < -0.4 is 15.0 Å². The lowest BCUT2D eigenvalue weighted by atomic mass is 9.85. The maximum absolute atomic E-state index is 14.6. The molecule has 3 heterocycles. The molecule has 2 amide bonds. The largest absolute Gasteiger partial charge is 0.497 e. The predicted octanol–water partition coefficient (Wildman–Crippen LogP) is 7.23. The standard InChI is InChI=1S/C34H33N3O3/c1-19-12-10-11-15-26(19)36-32(38)27-21(3)35-30(22-13-8-7-9-14-22)29(27)28-25-17-23(40-6)16-24-20(2)18-34(4,5)37(31(24)25)33(28)39/h7-18,28,35H,1-6H3,(H,36,38). The van der Waals surface area contributed by atoms with Crippen molar-refractivity contribution in [3.05, 3.63) is 106 Å². The Kier molecular flexibility index (Phi) is 5.95. The number of nitrogens with one attached hydrogen (secondary N) is 2. The molecule has 0 bridgehead atoms. The van der Waals surface area contributed by atoms with E-state index in [9.17, 15) is 9.59 Å². The van der Waals surface area contributed by atoms with Crippen molar-refractivity contribution in [2.75, 3.05) is 17.3 Å². The topological polar surface area (TPSA) is 74.4 Å². The summed E-state index contributed by atoms with van der Waals surface area (Å²) in [5.74, 6) is -0.320. The van der Waals surface area contributed by atoms with E-state index in [0.29, 0.717) is 22.6 Å². The third-order valence-corrected chi connectivity index (χ3v) is 8.12. The van der Waals surface area contributed by atoms with Crippen LogP contribution in [0.4, 0.5) is 11.4 Å². The molecule has 0 saturated heterocycles. The summed E-state index contributed by atoms with van der Waals surface area (Å²) in [6.07, 6.45) is 2.13. The van der Waals surface area contributed by atoms with Crippen LogP contribution in [0.3, 0.4) is 0 Å². The van der Waals surface area contributed by atoms with Crippen molar-refractivity contribution < 1.29 is 14.3 Å². The minimum absolute atomic E-state index is 0.0561. The van der Waals surface area contributed by atoms with E-state index in [2.05, 4.69) is 37.1 Å². The fourth-order valence-corrected chi connectivity index (χ4v) is 6.37. The lowest BCUT2D eigenvalue weighted by Gasteiger charge is -2.39. The van der Waals surface area contributed by atoms with Gasteiger partial charge in [-0.2, -0.15) is 0 Å². The number of aromatic nitrogens is 1. The van der Waals surface area contributed by atoms with Gasteiger partial charge in [-0.1, -0.05) is 54.6 Å². The van der Waals surface area contributed by atoms with Gasteiger partial charge in [-0.15, -0.1) is 0 Å². The highest BCUT2D eigenvalue weighted by molar-refractivity contribution is 6.16. The number of aryl methyl sites for hydroxylation is 2. The molecule has 6 rings (SSSR count). The number of anilines is 2. The first-order chi connectivity index (χ1) is 19.1. The van der Waals surface area contributed by atoms with E-state index in [0.717, 1.165) is 44.9 Å². The number of amides is 2. The number of ether oxygens (including phenoxy) is 1. The molecule has 0 spiro atoms. The van der Waals surface area contributed by atoms with Crippen molar-refractivity contribution in [1.29, 1.82) is 0 Å².